The molecule has 4 atom stereocenters. The molecule has 0 aromatic heterocycles. The zero-order valence-corrected chi connectivity index (χ0v) is 22.9. The summed E-state index contributed by atoms with van der Waals surface area (Å²) in [5.41, 5.74) is 6.19. The Labute approximate surface area is 225 Å². The summed E-state index contributed by atoms with van der Waals surface area (Å²) < 4.78 is 5.56. The molecule has 0 spiro atoms. The van der Waals surface area contributed by atoms with E-state index < -0.39 is 47.9 Å². The first-order chi connectivity index (χ1) is 18.2. The molecule has 210 valence electrons. The second kappa shape index (κ2) is 14.2. The van der Waals surface area contributed by atoms with Crippen molar-refractivity contribution in [3.05, 3.63) is 35.9 Å². The minimum atomic E-state index is -0.777. The van der Waals surface area contributed by atoms with Crippen LogP contribution in [0.15, 0.2) is 30.3 Å². The van der Waals surface area contributed by atoms with Crippen LogP contribution in [0.25, 0.3) is 0 Å². The van der Waals surface area contributed by atoms with E-state index in [1.807, 2.05) is 58.0 Å². The highest BCUT2D eigenvalue weighted by molar-refractivity contribution is 6.05. The van der Waals surface area contributed by atoms with Crippen molar-refractivity contribution in [1.82, 2.24) is 21.2 Å². The Kier molecular flexibility index (Phi) is 11.1. The smallest absolute Gasteiger partial charge is 0.344 e. The number of imide groups is 1. The van der Waals surface area contributed by atoms with E-state index in [4.69, 9.17) is 9.57 Å². The maximum absolute atomic E-state index is 13.6. The summed E-state index contributed by atoms with van der Waals surface area (Å²) >= 11 is 0. The van der Waals surface area contributed by atoms with Crippen LogP contribution in [-0.4, -0.2) is 47.7 Å². The van der Waals surface area contributed by atoms with Gasteiger partial charge in [0.2, 0.25) is 11.8 Å². The third kappa shape index (κ3) is 8.26. The predicted octanol–water partition coefficient (Wildman–Crippen LogP) is 3.47. The van der Waals surface area contributed by atoms with Gasteiger partial charge >= 0.3 is 6.03 Å². The van der Waals surface area contributed by atoms with Crippen LogP contribution < -0.4 is 16.2 Å². The first-order valence-corrected chi connectivity index (χ1v) is 13.7. The fourth-order valence-electron chi connectivity index (χ4n) is 4.90. The summed E-state index contributed by atoms with van der Waals surface area (Å²) in [7, 11) is 0. The van der Waals surface area contributed by atoms with E-state index in [2.05, 4.69) is 16.2 Å². The van der Waals surface area contributed by atoms with Gasteiger partial charge in [-0.15, -0.1) is 0 Å². The first kappa shape index (κ1) is 29.6. The van der Waals surface area contributed by atoms with Crippen molar-refractivity contribution in [1.29, 1.82) is 0 Å². The number of carbonyl (C=O) groups excluding carboxylic acids is 4. The molecule has 10 nitrogen and oxygen atoms in total. The van der Waals surface area contributed by atoms with E-state index in [1.54, 1.807) is 0 Å². The topological polar surface area (TPSA) is 126 Å². The van der Waals surface area contributed by atoms with Gasteiger partial charge in [-0.2, -0.15) is 5.01 Å². The third-order valence-electron chi connectivity index (χ3n) is 6.99. The second-order valence-corrected chi connectivity index (χ2v) is 10.9. The molecule has 0 aliphatic carbocycles. The lowest BCUT2D eigenvalue weighted by Gasteiger charge is -2.29. The molecular weight excluding hydrogens is 488 g/mol. The molecular formula is C28H42N4O6. The van der Waals surface area contributed by atoms with Gasteiger partial charge in [0.15, 0.2) is 6.29 Å². The lowest BCUT2D eigenvalue weighted by molar-refractivity contribution is -0.203. The average Bonchev–Trinajstić information content (AvgIpc) is 3.18. The number of benzene rings is 1. The van der Waals surface area contributed by atoms with Crippen molar-refractivity contribution in [3.8, 4) is 0 Å². The van der Waals surface area contributed by atoms with Crippen LogP contribution in [0.2, 0.25) is 0 Å². The number of amides is 5. The van der Waals surface area contributed by atoms with Gasteiger partial charge in [-0.25, -0.2) is 15.1 Å². The summed E-state index contributed by atoms with van der Waals surface area (Å²) in [6.45, 7) is 8.14. The number of hydrogen-bond acceptors (Lipinski definition) is 6. The van der Waals surface area contributed by atoms with Crippen molar-refractivity contribution in [3.63, 3.8) is 0 Å². The molecule has 2 heterocycles. The minimum absolute atomic E-state index is 0.0873. The van der Waals surface area contributed by atoms with Crippen molar-refractivity contribution in [2.24, 2.45) is 23.7 Å². The average molecular weight is 531 g/mol. The van der Waals surface area contributed by atoms with Gasteiger partial charge in [-0.3, -0.25) is 19.8 Å². The van der Waals surface area contributed by atoms with Gasteiger partial charge in [-0.1, -0.05) is 58.0 Å². The van der Waals surface area contributed by atoms with Crippen molar-refractivity contribution in [2.45, 2.75) is 85.0 Å². The summed E-state index contributed by atoms with van der Waals surface area (Å²) in [6.07, 6.45) is 4.29. The van der Waals surface area contributed by atoms with Gasteiger partial charge in [0, 0.05) is 13.0 Å². The van der Waals surface area contributed by atoms with Crippen molar-refractivity contribution >= 4 is 23.8 Å². The Morgan fingerprint density at radius 2 is 1.82 bits per heavy atom. The van der Waals surface area contributed by atoms with Gasteiger partial charge in [0.1, 0.15) is 6.04 Å². The maximum Gasteiger partial charge on any atom is 0.344 e. The van der Waals surface area contributed by atoms with Crippen LogP contribution in [0.3, 0.4) is 0 Å². The fraction of sp³-hybridized carbons (Fsp3) is 0.643. The SMILES string of the molecule is CC(C)C[C@@H](C(=O)NN1C(=O)N[C@H](C(C)C)C1=O)[C@H](CCCc1ccccc1)C(=O)NOC1CCCCO1. The molecule has 1 aromatic carbocycles. The number of hydrogen-bond donors (Lipinski definition) is 3. The number of hydrazine groups is 1. The fourth-order valence-corrected chi connectivity index (χ4v) is 4.90. The predicted molar refractivity (Wildman–Crippen MR) is 141 cm³/mol. The lowest BCUT2D eigenvalue weighted by atomic mass is 9.81. The van der Waals surface area contributed by atoms with E-state index in [0.717, 1.165) is 29.8 Å². The van der Waals surface area contributed by atoms with Crippen LogP contribution in [0.5, 0.6) is 0 Å². The Hall–Kier alpha value is -2.98. The minimum Gasteiger partial charge on any atom is -0.350 e. The molecule has 0 bridgehead atoms. The van der Waals surface area contributed by atoms with Gasteiger partial charge in [0.25, 0.3) is 5.91 Å². The quantitative estimate of drug-likeness (QED) is 0.265. The standard InChI is InChI=1S/C28H42N4O6/c1-18(2)17-22(25(33)30-32-27(35)24(19(3)4)29-28(32)36)21(14-10-13-20-11-6-5-7-12-20)26(34)31-38-23-15-8-9-16-37-23/h5-7,11-12,18-19,21-24H,8-10,13-17H2,1-4H3,(H,29,36)(H,30,33)(H,31,34)/t21-,22+,23?,24+/m0/s1. The number of nitrogens with zero attached hydrogens (tertiary/aromatic N) is 1. The summed E-state index contributed by atoms with van der Waals surface area (Å²) in [4.78, 5) is 57.8. The van der Waals surface area contributed by atoms with Gasteiger partial charge in [0.05, 0.1) is 11.8 Å². The molecule has 3 rings (SSSR count). The largest absolute Gasteiger partial charge is 0.350 e. The molecule has 2 saturated heterocycles. The summed E-state index contributed by atoms with van der Waals surface area (Å²) in [6, 6.07) is 8.56. The van der Waals surface area contributed by atoms with E-state index in [1.165, 1.54) is 0 Å². The van der Waals surface area contributed by atoms with Crippen LogP contribution in [0.1, 0.15) is 71.8 Å². The Balaban J connectivity index is 1.75. The Morgan fingerprint density at radius 3 is 2.42 bits per heavy atom. The number of urea groups is 1. The van der Waals surface area contributed by atoms with Crippen LogP contribution in [0, 0.1) is 23.7 Å². The van der Waals surface area contributed by atoms with Crippen LogP contribution in [-0.2, 0) is 30.4 Å². The molecule has 10 heteroatoms. The summed E-state index contributed by atoms with van der Waals surface area (Å²) in [5, 5.41) is 3.35. The molecule has 5 amide bonds. The van der Waals surface area contributed by atoms with E-state index in [9.17, 15) is 19.2 Å². The molecule has 2 aliphatic rings. The molecule has 0 radical (unpaired) electrons. The number of carbonyl (C=O) groups is 4. The Morgan fingerprint density at radius 1 is 1.08 bits per heavy atom. The van der Waals surface area contributed by atoms with E-state index in [-0.39, 0.29) is 11.8 Å². The number of aryl methyl sites for hydroxylation is 1. The Bertz CT molecular complexity index is 948. The van der Waals surface area contributed by atoms with E-state index in [0.29, 0.717) is 32.3 Å². The highest BCUT2D eigenvalue weighted by Crippen LogP contribution is 2.27. The van der Waals surface area contributed by atoms with Gasteiger partial charge in [-0.05, 0) is 55.9 Å². The number of ether oxygens (including phenoxy) is 1. The number of rotatable bonds is 13. The van der Waals surface area contributed by atoms with Gasteiger partial charge < -0.3 is 10.1 Å². The highest BCUT2D eigenvalue weighted by atomic mass is 16.8. The highest BCUT2D eigenvalue weighted by Gasteiger charge is 2.43. The number of nitrogens with one attached hydrogen (secondary N) is 3. The van der Waals surface area contributed by atoms with E-state index >= 15 is 0 Å². The monoisotopic (exact) mass is 530 g/mol. The molecule has 38 heavy (non-hydrogen) atoms. The molecule has 2 aliphatic heterocycles. The first-order valence-electron chi connectivity index (χ1n) is 13.7. The zero-order valence-electron chi connectivity index (χ0n) is 22.9. The summed E-state index contributed by atoms with van der Waals surface area (Å²) in [5.74, 6) is -3.01. The lowest BCUT2D eigenvalue weighted by Crippen LogP contribution is -2.52. The molecule has 0 saturated carbocycles. The molecule has 1 aromatic rings. The van der Waals surface area contributed by atoms with Crippen LogP contribution in [0.4, 0.5) is 4.79 Å². The second-order valence-electron chi connectivity index (χ2n) is 10.9. The number of hydroxylamine groups is 1. The molecule has 3 N–H and O–H groups in total. The normalized spacial score (nSPS) is 21.4. The molecule has 1 unspecified atom stereocenters. The third-order valence-corrected chi connectivity index (χ3v) is 6.99. The van der Waals surface area contributed by atoms with Crippen LogP contribution >= 0.6 is 0 Å². The molecule has 2 fully saturated rings. The van der Waals surface area contributed by atoms with Crippen molar-refractivity contribution in [2.75, 3.05) is 6.61 Å². The van der Waals surface area contributed by atoms with Crippen molar-refractivity contribution < 1.29 is 28.8 Å². The zero-order chi connectivity index (χ0) is 27.7. The maximum atomic E-state index is 13.6.